The molecule has 3 heterocycles. The molecule has 1 aliphatic carbocycles. The zero-order chi connectivity index (χ0) is 19.3. The van der Waals surface area contributed by atoms with Gasteiger partial charge >= 0.3 is 0 Å². The van der Waals surface area contributed by atoms with Gasteiger partial charge in [-0.05, 0) is 50.8 Å². The zero-order valence-electron chi connectivity index (χ0n) is 16.7. The highest BCUT2D eigenvalue weighted by Crippen LogP contribution is 2.49. The monoisotopic (exact) mass is 382 g/mol. The van der Waals surface area contributed by atoms with Crippen molar-refractivity contribution in [2.45, 2.75) is 62.5 Å². The second-order valence-electron chi connectivity index (χ2n) is 8.14. The fourth-order valence-corrected chi connectivity index (χ4v) is 4.88. The summed E-state index contributed by atoms with van der Waals surface area (Å²) in [4.78, 5) is 13.4. The molecule has 2 aromatic rings. The van der Waals surface area contributed by atoms with Crippen molar-refractivity contribution in [3.05, 3.63) is 48.2 Å². The molecule has 4 rings (SSSR count). The third-order valence-electron chi connectivity index (χ3n) is 6.35. The summed E-state index contributed by atoms with van der Waals surface area (Å²) in [5.74, 6) is 0.543. The lowest BCUT2D eigenvalue weighted by atomic mass is 9.68. The van der Waals surface area contributed by atoms with Crippen LogP contribution in [0, 0.1) is 0 Å². The van der Waals surface area contributed by atoms with Crippen LogP contribution in [-0.2, 0) is 16.7 Å². The van der Waals surface area contributed by atoms with E-state index < -0.39 is 0 Å². The number of pyridine rings is 1. The normalized spacial score (nSPS) is 23.8. The van der Waals surface area contributed by atoms with E-state index in [0.29, 0.717) is 12.4 Å². The van der Waals surface area contributed by atoms with Crippen molar-refractivity contribution in [2.24, 2.45) is 0 Å². The third-order valence-corrected chi connectivity index (χ3v) is 6.35. The molecule has 28 heavy (non-hydrogen) atoms. The number of rotatable bonds is 7. The van der Waals surface area contributed by atoms with E-state index >= 15 is 0 Å². The molecule has 2 aliphatic rings. The SMILES string of the molecule is COc1cnc(CNCC[C@@]2(c3ccccn3)CCOC3(CCCC3)C2)cn1. The predicted molar refractivity (Wildman–Crippen MR) is 107 cm³/mol. The van der Waals surface area contributed by atoms with Gasteiger partial charge in [0.05, 0.1) is 30.8 Å². The lowest BCUT2D eigenvalue weighted by Crippen LogP contribution is -2.47. The summed E-state index contributed by atoms with van der Waals surface area (Å²) >= 11 is 0. The van der Waals surface area contributed by atoms with Crippen molar-refractivity contribution in [3.63, 3.8) is 0 Å². The minimum Gasteiger partial charge on any atom is -0.480 e. The van der Waals surface area contributed by atoms with Crippen molar-refractivity contribution < 1.29 is 9.47 Å². The molecule has 6 nitrogen and oxygen atoms in total. The quantitative estimate of drug-likeness (QED) is 0.740. The second kappa shape index (κ2) is 8.53. The van der Waals surface area contributed by atoms with E-state index in [1.165, 1.54) is 31.4 Å². The number of nitrogens with zero attached hydrogens (tertiary/aromatic N) is 3. The van der Waals surface area contributed by atoms with Gasteiger partial charge in [-0.1, -0.05) is 18.9 Å². The number of methoxy groups -OCH3 is 1. The number of hydrogen-bond acceptors (Lipinski definition) is 6. The van der Waals surface area contributed by atoms with E-state index in [-0.39, 0.29) is 11.0 Å². The van der Waals surface area contributed by atoms with Gasteiger partial charge in [-0.25, -0.2) is 4.98 Å². The van der Waals surface area contributed by atoms with Gasteiger partial charge in [0.1, 0.15) is 0 Å². The van der Waals surface area contributed by atoms with E-state index in [1.807, 2.05) is 12.3 Å². The summed E-state index contributed by atoms with van der Waals surface area (Å²) < 4.78 is 11.4. The highest BCUT2D eigenvalue weighted by atomic mass is 16.5. The lowest BCUT2D eigenvalue weighted by molar-refractivity contribution is -0.104. The van der Waals surface area contributed by atoms with Crippen molar-refractivity contribution in [3.8, 4) is 5.88 Å². The first-order chi connectivity index (χ1) is 13.7. The number of aromatic nitrogens is 3. The molecule has 6 heteroatoms. The molecule has 1 saturated heterocycles. The van der Waals surface area contributed by atoms with Gasteiger partial charge < -0.3 is 14.8 Å². The summed E-state index contributed by atoms with van der Waals surface area (Å²) in [6.07, 6.45) is 13.5. The molecule has 0 unspecified atom stereocenters. The molecule has 2 fully saturated rings. The highest BCUT2D eigenvalue weighted by molar-refractivity contribution is 5.20. The topological polar surface area (TPSA) is 69.2 Å². The highest BCUT2D eigenvalue weighted by Gasteiger charge is 2.48. The molecule has 1 atom stereocenters. The molecule has 0 radical (unpaired) electrons. The van der Waals surface area contributed by atoms with Crippen LogP contribution in [0.25, 0.3) is 0 Å². The van der Waals surface area contributed by atoms with E-state index in [9.17, 15) is 0 Å². The lowest BCUT2D eigenvalue weighted by Gasteiger charge is -2.46. The van der Waals surface area contributed by atoms with Gasteiger partial charge in [0.15, 0.2) is 0 Å². The van der Waals surface area contributed by atoms with E-state index in [1.54, 1.807) is 19.5 Å². The van der Waals surface area contributed by atoms with Crippen LogP contribution in [0.1, 0.15) is 56.3 Å². The number of ether oxygens (including phenoxy) is 2. The van der Waals surface area contributed by atoms with Gasteiger partial charge in [0, 0.05) is 30.5 Å². The molecule has 0 bridgehead atoms. The second-order valence-corrected chi connectivity index (χ2v) is 8.14. The van der Waals surface area contributed by atoms with Gasteiger partial charge in [-0.15, -0.1) is 0 Å². The maximum atomic E-state index is 6.32. The Kier molecular flexibility index (Phi) is 5.87. The summed E-state index contributed by atoms with van der Waals surface area (Å²) in [5, 5.41) is 3.55. The van der Waals surface area contributed by atoms with Gasteiger partial charge in [0.25, 0.3) is 0 Å². The average Bonchev–Trinajstić information content (AvgIpc) is 3.19. The molecule has 1 aliphatic heterocycles. The Morgan fingerprint density at radius 2 is 2.00 bits per heavy atom. The van der Waals surface area contributed by atoms with Crippen LogP contribution in [0.2, 0.25) is 0 Å². The molecule has 1 saturated carbocycles. The van der Waals surface area contributed by atoms with Crippen LogP contribution >= 0.6 is 0 Å². The molecule has 0 amide bonds. The van der Waals surface area contributed by atoms with Crippen LogP contribution in [-0.4, -0.2) is 40.8 Å². The van der Waals surface area contributed by atoms with Gasteiger partial charge in [-0.2, -0.15) is 0 Å². The first kappa shape index (κ1) is 19.3. The van der Waals surface area contributed by atoms with Crippen molar-refractivity contribution in [2.75, 3.05) is 20.3 Å². The summed E-state index contributed by atoms with van der Waals surface area (Å²) in [6.45, 7) is 2.46. The van der Waals surface area contributed by atoms with Crippen LogP contribution in [0.15, 0.2) is 36.8 Å². The number of hydrogen-bond donors (Lipinski definition) is 1. The van der Waals surface area contributed by atoms with Crippen molar-refractivity contribution in [1.29, 1.82) is 0 Å². The average molecular weight is 383 g/mol. The molecular formula is C22H30N4O2. The summed E-state index contributed by atoms with van der Waals surface area (Å²) in [7, 11) is 1.60. The van der Waals surface area contributed by atoms with Gasteiger partial charge in [-0.3, -0.25) is 9.97 Å². The molecular weight excluding hydrogens is 352 g/mol. The van der Waals surface area contributed by atoms with Crippen LogP contribution in [0.4, 0.5) is 0 Å². The Balaban J connectivity index is 1.42. The Morgan fingerprint density at radius 3 is 2.71 bits per heavy atom. The summed E-state index contributed by atoms with van der Waals surface area (Å²) in [5.41, 5.74) is 2.29. The molecule has 1 N–H and O–H groups in total. The van der Waals surface area contributed by atoms with Crippen molar-refractivity contribution >= 4 is 0 Å². The smallest absolute Gasteiger partial charge is 0.231 e. The molecule has 2 aromatic heterocycles. The standard InChI is InChI=1S/C22H30N4O2/c1-27-20-16-25-18(15-26-20)14-23-12-9-21(19-6-2-5-11-24-19)10-13-28-22(17-21)7-3-4-8-22/h2,5-6,11,15-16,23H,3-4,7-10,12-14,17H2,1H3/t21-/m1/s1. The Morgan fingerprint density at radius 1 is 1.11 bits per heavy atom. The number of nitrogens with one attached hydrogen (secondary N) is 1. The summed E-state index contributed by atoms with van der Waals surface area (Å²) in [6, 6.07) is 6.31. The minimum absolute atomic E-state index is 0.0667. The Hall–Kier alpha value is -2.05. The largest absolute Gasteiger partial charge is 0.480 e. The first-order valence-corrected chi connectivity index (χ1v) is 10.3. The zero-order valence-corrected chi connectivity index (χ0v) is 16.7. The maximum Gasteiger partial charge on any atom is 0.231 e. The maximum absolute atomic E-state index is 6.32. The Bertz CT molecular complexity index is 747. The van der Waals surface area contributed by atoms with Gasteiger partial charge in [0.2, 0.25) is 5.88 Å². The first-order valence-electron chi connectivity index (χ1n) is 10.3. The molecule has 150 valence electrons. The fourth-order valence-electron chi connectivity index (χ4n) is 4.88. The van der Waals surface area contributed by atoms with Crippen LogP contribution in [0.5, 0.6) is 5.88 Å². The predicted octanol–water partition coefficient (Wildman–Crippen LogP) is 3.42. The third kappa shape index (κ3) is 4.18. The van der Waals surface area contributed by atoms with Crippen molar-refractivity contribution in [1.82, 2.24) is 20.3 Å². The van der Waals surface area contributed by atoms with Crippen LogP contribution < -0.4 is 10.1 Å². The Labute approximate surface area is 167 Å². The molecule has 1 spiro atoms. The van der Waals surface area contributed by atoms with E-state index in [2.05, 4.69) is 27.4 Å². The minimum atomic E-state index is 0.0667. The molecule has 0 aromatic carbocycles. The van der Waals surface area contributed by atoms with Crippen LogP contribution in [0.3, 0.4) is 0 Å². The van der Waals surface area contributed by atoms with E-state index in [4.69, 9.17) is 14.5 Å². The fraction of sp³-hybridized carbons (Fsp3) is 0.591. The van der Waals surface area contributed by atoms with E-state index in [0.717, 1.165) is 38.1 Å².